The Balaban J connectivity index is 2.71. The van der Waals surface area contributed by atoms with Crippen molar-refractivity contribution in [2.45, 2.75) is 6.61 Å². The molecule has 7 heteroatoms. The zero-order valence-electron chi connectivity index (χ0n) is 7.54. The summed E-state index contributed by atoms with van der Waals surface area (Å²) in [5.74, 6) is 0.543. The van der Waals surface area contributed by atoms with Crippen LogP contribution in [0, 0.1) is 0 Å². The summed E-state index contributed by atoms with van der Waals surface area (Å²) < 4.78 is 14.8. The molecule has 0 aliphatic heterocycles. The molecule has 0 saturated heterocycles. The van der Waals surface area contributed by atoms with Crippen molar-refractivity contribution >= 4 is 13.6 Å². The number of aromatic nitrogens is 1. The van der Waals surface area contributed by atoms with E-state index in [4.69, 9.17) is 9.79 Å². The molecule has 0 aromatic carbocycles. The minimum Gasteiger partial charge on any atom is -0.373 e. The quantitative estimate of drug-likeness (QED) is 0.645. The Kier molecular flexibility index (Phi) is 3.60. The van der Waals surface area contributed by atoms with Gasteiger partial charge in [-0.15, -0.1) is 0 Å². The third-order valence-electron chi connectivity index (χ3n) is 1.52. The van der Waals surface area contributed by atoms with E-state index in [1.807, 2.05) is 0 Å². The molecule has 0 bridgehead atoms. The number of anilines is 1. The third-order valence-corrected chi connectivity index (χ3v) is 1.98. The van der Waals surface area contributed by atoms with Crippen molar-refractivity contribution in [2.75, 3.05) is 12.4 Å². The molecule has 0 saturated carbocycles. The summed E-state index contributed by atoms with van der Waals surface area (Å²) in [6.45, 7) is -0.172. The van der Waals surface area contributed by atoms with E-state index in [0.717, 1.165) is 0 Å². The van der Waals surface area contributed by atoms with Crippen molar-refractivity contribution < 1.29 is 18.9 Å². The average molecular weight is 218 g/mol. The molecule has 1 rings (SSSR count). The molecule has 0 unspecified atom stereocenters. The number of hydrogen-bond donors (Lipinski definition) is 3. The van der Waals surface area contributed by atoms with Crippen molar-refractivity contribution in [3.8, 4) is 0 Å². The summed E-state index contributed by atoms with van der Waals surface area (Å²) in [5, 5.41) is 2.79. The fourth-order valence-electron chi connectivity index (χ4n) is 0.934. The first kappa shape index (κ1) is 11.1. The van der Waals surface area contributed by atoms with Gasteiger partial charge in [-0.05, 0) is 6.07 Å². The molecule has 14 heavy (non-hydrogen) atoms. The van der Waals surface area contributed by atoms with Crippen LogP contribution < -0.4 is 5.32 Å². The topological polar surface area (TPSA) is 91.7 Å². The second kappa shape index (κ2) is 4.52. The van der Waals surface area contributed by atoms with Crippen molar-refractivity contribution in [2.24, 2.45) is 0 Å². The van der Waals surface area contributed by atoms with Gasteiger partial charge in [-0.2, -0.15) is 0 Å². The summed E-state index contributed by atoms with van der Waals surface area (Å²) in [6.07, 6.45) is 1.58. The Morgan fingerprint density at radius 2 is 2.36 bits per heavy atom. The number of nitrogens with zero attached hydrogens (tertiary/aromatic N) is 1. The van der Waals surface area contributed by atoms with E-state index < -0.39 is 7.82 Å². The van der Waals surface area contributed by atoms with E-state index >= 15 is 0 Å². The molecule has 0 aliphatic rings. The molecule has 0 fully saturated rings. The lowest BCUT2D eigenvalue weighted by molar-refractivity contribution is 0.189. The normalized spacial score (nSPS) is 11.4. The molecule has 0 amide bonds. The Morgan fingerprint density at radius 3 is 2.93 bits per heavy atom. The Morgan fingerprint density at radius 1 is 1.64 bits per heavy atom. The van der Waals surface area contributed by atoms with Crippen molar-refractivity contribution in [1.29, 1.82) is 0 Å². The summed E-state index contributed by atoms with van der Waals surface area (Å²) in [5.41, 5.74) is 0.596. The zero-order chi connectivity index (χ0) is 10.6. The van der Waals surface area contributed by atoms with Gasteiger partial charge in [0, 0.05) is 18.8 Å². The highest BCUT2D eigenvalue weighted by Crippen LogP contribution is 2.37. The van der Waals surface area contributed by atoms with Crippen LogP contribution in [0.1, 0.15) is 5.56 Å². The number of pyridine rings is 1. The van der Waals surface area contributed by atoms with Gasteiger partial charge in [0.15, 0.2) is 0 Å². The monoisotopic (exact) mass is 218 g/mol. The molecule has 78 valence electrons. The number of phosphoric ester groups is 1. The van der Waals surface area contributed by atoms with Crippen molar-refractivity contribution in [3.63, 3.8) is 0 Å². The second-order valence-electron chi connectivity index (χ2n) is 2.53. The molecule has 6 nitrogen and oxygen atoms in total. The van der Waals surface area contributed by atoms with E-state index in [9.17, 15) is 4.57 Å². The van der Waals surface area contributed by atoms with E-state index in [1.165, 1.54) is 0 Å². The van der Waals surface area contributed by atoms with E-state index in [1.54, 1.807) is 25.4 Å². The maximum Gasteiger partial charge on any atom is 0.469 e. The lowest BCUT2D eigenvalue weighted by atomic mass is 10.3. The van der Waals surface area contributed by atoms with E-state index in [2.05, 4.69) is 14.8 Å². The van der Waals surface area contributed by atoms with Crippen LogP contribution in [0.3, 0.4) is 0 Å². The Bertz CT molecular complexity index is 351. The smallest absolute Gasteiger partial charge is 0.373 e. The van der Waals surface area contributed by atoms with Crippen LogP contribution in [-0.2, 0) is 15.7 Å². The molecule has 0 atom stereocenters. The predicted octanol–water partition coefficient (Wildman–Crippen LogP) is 0.733. The van der Waals surface area contributed by atoms with Gasteiger partial charge >= 0.3 is 7.82 Å². The van der Waals surface area contributed by atoms with Gasteiger partial charge in [0.2, 0.25) is 0 Å². The number of rotatable bonds is 4. The first-order valence-corrected chi connectivity index (χ1v) is 5.37. The third kappa shape index (κ3) is 3.43. The van der Waals surface area contributed by atoms with Crippen LogP contribution in [0.4, 0.5) is 5.82 Å². The van der Waals surface area contributed by atoms with Gasteiger partial charge in [0.05, 0.1) is 6.61 Å². The molecule has 0 spiro atoms. The van der Waals surface area contributed by atoms with Crippen molar-refractivity contribution in [1.82, 2.24) is 4.98 Å². The second-order valence-corrected chi connectivity index (χ2v) is 3.76. The number of nitrogens with one attached hydrogen (secondary N) is 1. The minimum absolute atomic E-state index is 0.172. The SMILES string of the molecule is CNc1ncccc1COP(=O)(O)O. The van der Waals surface area contributed by atoms with Crippen LogP contribution in [0.25, 0.3) is 0 Å². The molecule has 1 aromatic heterocycles. The van der Waals surface area contributed by atoms with Crippen LogP contribution in [0.2, 0.25) is 0 Å². The first-order valence-electron chi connectivity index (χ1n) is 3.84. The summed E-state index contributed by atoms with van der Waals surface area (Å²) >= 11 is 0. The Labute approximate surface area is 81.2 Å². The summed E-state index contributed by atoms with van der Waals surface area (Å²) in [7, 11) is -2.75. The predicted molar refractivity (Wildman–Crippen MR) is 50.6 cm³/mol. The molecule has 0 radical (unpaired) electrons. The lowest BCUT2D eigenvalue weighted by Gasteiger charge is -2.08. The molecule has 3 N–H and O–H groups in total. The number of phosphoric acid groups is 1. The van der Waals surface area contributed by atoms with E-state index in [0.29, 0.717) is 11.4 Å². The standard InChI is InChI=1S/C7H11N2O4P/c1-8-7-6(3-2-4-9-7)5-13-14(10,11)12/h2-4H,5H2,1H3,(H,8,9)(H2,10,11,12). The molecular formula is C7H11N2O4P. The van der Waals surface area contributed by atoms with Crippen LogP contribution in [0.5, 0.6) is 0 Å². The molecule has 0 aliphatic carbocycles. The molecule has 1 aromatic rings. The largest absolute Gasteiger partial charge is 0.469 e. The summed E-state index contributed by atoms with van der Waals surface area (Å²) in [6, 6.07) is 3.34. The maximum atomic E-state index is 10.4. The van der Waals surface area contributed by atoms with Gasteiger partial charge in [-0.1, -0.05) is 6.07 Å². The average Bonchev–Trinajstić information content (AvgIpc) is 2.14. The summed E-state index contributed by atoms with van der Waals surface area (Å²) in [4.78, 5) is 20.9. The molecule has 1 heterocycles. The van der Waals surface area contributed by atoms with Gasteiger partial charge in [0.25, 0.3) is 0 Å². The van der Waals surface area contributed by atoms with Gasteiger partial charge in [0.1, 0.15) is 5.82 Å². The van der Waals surface area contributed by atoms with Crippen LogP contribution >= 0.6 is 7.82 Å². The maximum absolute atomic E-state index is 10.4. The first-order chi connectivity index (χ1) is 6.53. The Hall–Kier alpha value is -0.940. The van der Waals surface area contributed by atoms with Gasteiger partial charge in [-0.3, -0.25) is 4.52 Å². The van der Waals surface area contributed by atoms with Crippen molar-refractivity contribution in [3.05, 3.63) is 23.9 Å². The highest BCUT2D eigenvalue weighted by atomic mass is 31.2. The minimum atomic E-state index is -4.42. The zero-order valence-corrected chi connectivity index (χ0v) is 8.44. The van der Waals surface area contributed by atoms with Gasteiger partial charge in [-0.25, -0.2) is 9.55 Å². The lowest BCUT2D eigenvalue weighted by Crippen LogP contribution is -1.99. The highest BCUT2D eigenvalue weighted by Gasteiger charge is 2.14. The van der Waals surface area contributed by atoms with Crippen LogP contribution in [0.15, 0.2) is 18.3 Å². The van der Waals surface area contributed by atoms with E-state index in [-0.39, 0.29) is 6.61 Å². The number of hydrogen-bond acceptors (Lipinski definition) is 4. The molecular weight excluding hydrogens is 207 g/mol. The highest BCUT2D eigenvalue weighted by molar-refractivity contribution is 7.46. The fourth-order valence-corrected chi connectivity index (χ4v) is 1.24. The van der Waals surface area contributed by atoms with Crippen LogP contribution in [-0.4, -0.2) is 21.8 Å². The van der Waals surface area contributed by atoms with Gasteiger partial charge < -0.3 is 15.1 Å². The fraction of sp³-hybridized carbons (Fsp3) is 0.286.